The number of aliphatic hydroxyl groups is 1. The van der Waals surface area contributed by atoms with Gasteiger partial charge in [-0.2, -0.15) is 0 Å². The average molecular weight is 289 g/mol. The average Bonchev–Trinajstić information content (AvgIpc) is 2.48. The van der Waals surface area contributed by atoms with Crippen molar-refractivity contribution in [2.75, 3.05) is 19.7 Å². The predicted octanol–water partition coefficient (Wildman–Crippen LogP) is 2.54. The second kappa shape index (κ2) is 6.87. The fraction of sp³-hybridized carbons (Fsp3) is 0.471. The normalized spacial score (nSPS) is 22.9. The van der Waals surface area contributed by atoms with E-state index in [1.165, 1.54) is 0 Å². The zero-order valence-electron chi connectivity index (χ0n) is 12.3. The molecule has 1 aromatic carbocycles. The first-order valence-electron chi connectivity index (χ1n) is 7.35. The molecule has 1 aromatic rings. The maximum absolute atomic E-state index is 11.3. The number of nitrogens with zero attached hydrogens (tertiary/aromatic N) is 1. The van der Waals surface area contributed by atoms with Crippen LogP contribution in [0.25, 0.3) is 0 Å². The van der Waals surface area contributed by atoms with Crippen molar-refractivity contribution in [1.82, 2.24) is 4.90 Å². The van der Waals surface area contributed by atoms with Crippen molar-refractivity contribution in [3.8, 4) is 0 Å². The molecule has 4 nitrogen and oxygen atoms in total. The Hall–Kier alpha value is -1.65. The monoisotopic (exact) mass is 289 g/mol. The largest absolute Gasteiger partial charge is 0.478 e. The summed E-state index contributed by atoms with van der Waals surface area (Å²) in [6.07, 6.45) is 4.67. The molecule has 4 heteroatoms. The summed E-state index contributed by atoms with van der Waals surface area (Å²) in [5.41, 5.74) is 1.07. The van der Waals surface area contributed by atoms with Gasteiger partial charge in [0.25, 0.3) is 0 Å². The highest BCUT2D eigenvalue weighted by atomic mass is 16.4. The number of benzene rings is 1. The van der Waals surface area contributed by atoms with Gasteiger partial charge in [-0.1, -0.05) is 24.3 Å². The van der Waals surface area contributed by atoms with E-state index in [2.05, 4.69) is 11.5 Å². The van der Waals surface area contributed by atoms with Gasteiger partial charge in [0.2, 0.25) is 0 Å². The molecule has 0 saturated carbocycles. The van der Waals surface area contributed by atoms with E-state index < -0.39 is 5.97 Å². The maximum atomic E-state index is 11.3. The van der Waals surface area contributed by atoms with E-state index in [0.717, 1.165) is 37.9 Å². The number of carboxylic acids is 1. The molecule has 1 aliphatic heterocycles. The number of aliphatic hydroxyl groups excluding tert-OH is 1. The van der Waals surface area contributed by atoms with Crippen molar-refractivity contribution < 1.29 is 15.0 Å². The van der Waals surface area contributed by atoms with E-state index in [9.17, 15) is 15.0 Å². The quantitative estimate of drug-likeness (QED) is 0.790. The summed E-state index contributed by atoms with van der Waals surface area (Å²) in [7, 11) is 0. The predicted molar refractivity (Wildman–Crippen MR) is 82.2 cm³/mol. The number of allylic oxidation sites excluding steroid dienone is 1. The molecule has 0 aliphatic carbocycles. The fourth-order valence-corrected chi connectivity index (χ4v) is 3.22. The van der Waals surface area contributed by atoms with Crippen molar-refractivity contribution in [3.05, 3.63) is 48.0 Å². The third kappa shape index (κ3) is 3.71. The van der Waals surface area contributed by atoms with Crippen LogP contribution in [0.5, 0.6) is 0 Å². The molecular weight excluding hydrogens is 266 g/mol. The number of likely N-dealkylation sites (tertiary alicyclic amines) is 1. The first-order chi connectivity index (χ1) is 10.1. The van der Waals surface area contributed by atoms with Gasteiger partial charge in [0.05, 0.1) is 12.2 Å². The fourth-order valence-electron chi connectivity index (χ4n) is 3.22. The van der Waals surface area contributed by atoms with E-state index in [0.29, 0.717) is 12.1 Å². The zero-order valence-corrected chi connectivity index (χ0v) is 12.3. The van der Waals surface area contributed by atoms with E-state index in [1.54, 1.807) is 12.1 Å². The van der Waals surface area contributed by atoms with E-state index in [4.69, 9.17) is 0 Å². The molecule has 0 spiro atoms. The third-order valence-corrected chi connectivity index (χ3v) is 4.29. The Bertz CT molecular complexity index is 515. The van der Waals surface area contributed by atoms with Crippen molar-refractivity contribution >= 4 is 5.97 Å². The minimum absolute atomic E-state index is 0.127. The molecule has 114 valence electrons. The molecule has 1 aliphatic rings. The summed E-state index contributed by atoms with van der Waals surface area (Å²) in [5.74, 6) is -0.887. The first-order valence-corrected chi connectivity index (χ1v) is 7.35. The minimum Gasteiger partial charge on any atom is -0.478 e. The smallest absolute Gasteiger partial charge is 0.336 e. The van der Waals surface area contributed by atoms with Crippen LogP contribution in [0.4, 0.5) is 0 Å². The lowest BCUT2D eigenvalue weighted by Gasteiger charge is -2.41. The van der Waals surface area contributed by atoms with Crippen molar-refractivity contribution in [3.63, 3.8) is 0 Å². The molecular formula is C17H23NO3. The molecule has 0 radical (unpaired) electrons. The van der Waals surface area contributed by atoms with E-state index >= 15 is 0 Å². The highest BCUT2D eigenvalue weighted by Crippen LogP contribution is 2.34. The van der Waals surface area contributed by atoms with Gasteiger partial charge in [0.15, 0.2) is 0 Å². The summed E-state index contributed by atoms with van der Waals surface area (Å²) >= 11 is 0. The maximum Gasteiger partial charge on any atom is 0.336 e. The second-order valence-electron chi connectivity index (χ2n) is 5.93. The van der Waals surface area contributed by atoms with E-state index in [1.807, 2.05) is 18.2 Å². The lowest BCUT2D eigenvalue weighted by molar-refractivity contribution is 0.0306. The van der Waals surface area contributed by atoms with Crippen LogP contribution in [0.15, 0.2) is 36.9 Å². The van der Waals surface area contributed by atoms with Crippen LogP contribution in [-0.2, 0) is 6.54 Å². The molecule has 2 rings (SSSR count). The third-order valence-electron chi connectivity index (χ3n) is 4.29. The Morgan fingerprint density at radius 3 is 2.86 bits per heavy atom. The molecule has 0 unspecified atom stereocenters. The number of aromatic carboxylic acids is 1. The molecule has 21 heavy (non-hydrogen) atoms. The highest BCUT2D eigenvalue weighted by Gasteiger charge is 2.34. The van der Waals surface area contributed by atoms with Gasteiger partial charge < -0.3 is 10.2 Å². The molecule has 2 N–H and O–H groups in total. The van der Waals surface area contributed by atoms with Crippen LogP contribution in [-0.4, -0.2) is 40.8 Å². The number of piperidine rings is 1. The second-order valence-corrected chi connectivity index (χ2v) is 5.93. The van der Waals surface area contributed by atoms with Gasteiger partial charge >= 0.3 is 5.97 Å². The number of hydrogen-bond acceptors (Lipinski definition) is 3. The first kappa shape index (κ1) is 15.7. The number of carbonyl (C=O) groups is 1. The van der Waals surface area contributed by atoms with Gasteiger partial charge in [0.1, 0.15) is 0 Å². The van der Waals surface area contributed by atoms with Crippen molar-refractivity contribution in [2.45, 2.75) is 25.8 Å². The molecule has 1 saturated heterocycles. The lowest BCUT2D eigenvalue weighted by Crippen LogP contribution is -2.44. The lowest BCUT2D eigenvalue weighted by atomic mass is 9.77. The molecule has 0 bridgehead atoms. The van der Waals surface area contributed by atoms with Crippen LogP contribution in [0.1, 0.15) is 35.2 Å². The topological polar surface area (TPSA) is 60.8 Å². The van der Waals surface area contributed by atoms with Crippen LogP contribution < -0.4 is 0 Å². The highest BCUT2D eigenvalue weighted by molar-refractivity contribution is 5.89. The van der Waals surface area contributed by atoms with Gasteiger partial charge in [0, 0.05) is 18.5 Å². The van der Waals surface area contributed by atoms with Gasteiger partial charge in [-0.15, -0.1) is 6.58 Å². The van der Waals surface area contributed by atoms with Crippen molar-refractivity contribution in [2.24, 2.45) is 5.41 Å². The van der Waals surface area contributed by atoms with Crippen LogP contribution in [0.2, 0.25) is 0 Å². The van der Waals surface area contributed by atoms with E-state index in [-0.39, 0.29) is 12.0 Å². The Kier molecular flexibility index (Phi) is 5.15. The number of hydrogen-bond donors (Lipinski definition) is 2. The number of rotatable bonds is 6. The summed E-state index contributed by atoms with van der Waals surface area (Å²) in [6.45, 7) is 6.27. The Balaban J connectivity index is 2.13. The summed E-state index contributed by atoms with van der Waals surface area (Å²) in [4.78, 5) is 13.5. The van der Waals surface area contributed by atoms with Crippen LogP contribution in [0.3, 0.4) is 0 Å². The van der Waals surface area contributed by atoms with Crippen molar-refractivity contribution in [1.29, 1.82) is 0 Å². The number of carboxylic acid groups (broad SMARTS) is 1. The van der Waals surface area contributed by atoms with Gasteiger partial charge in [-0.3, -0.25) is 4.90 Å². The molecule has 1 fully saturated rings. The molecule has 1 atom stereocenters. The van der Waals surface area contributed by atoms with Crippen LogP contribution in [0, 0.1) is 5.41 Å². The molecule has 0 amide bonds. The summed E-state index contributed by atoms with van der Waals surface area (Å²) < 4.78 is 0. The van der Waals surface area contributed by atoms with Gasteiger partial charge in [-0.25, -0.2) is 4.79 Å². The summed E-state index contributed by atoms with van der Waals surface area (Å²) in [6, 6.07) is 7.13. The minimum atomic E-state index is -0.887. The molecule has 0 aromatic heterocycles. The zero-order chi connectivity index (χ0) is 15.3. The standard InChI is InChI=1S/C17H23NO3/c1-2-8-17(13-19)9-5-10-18(12-17)11-14-6-3-4-7-15(14)16(20)21/h2-4,6-7,19H,1,5,8-13H2,(H,20,21)/t17-/m0/s1. The SMILES string of the molecule is C=CC[C@]1(CO)CCCN(Cc2ccccc2C(=O)O)C1. The Labute approximate surface area is 125 Å². The Morgan fingerprint density at radius 1 is 1.43 bits per heavy atom. The van der Waals surface area contributed by atoms with Crippen LogP contribution >= 0.6 is 0 Å². The molecule has 1 heterocycles. The Morgan fingerprint density at radius 2 is 2.19 bits per heavy atom. The van der Waals surface area contributed by atoms with Gasteiger partial charge in [-0.05, 0) is 37.4 Å². The summed E-state index contributed by atoms with van der Waals surface area (Å²) in [5, 5.41) is 19.0.